The zero-order valence-electron chi connectivity index (χ0n) is 10.1. The maximum atomic E-state index is 11.8. The van der Waals surface area contributed by atoms with Crippen molar-refractivity contribution in [1.82, 2.24) is 4.90 Å². The van der Waals surface area contributed by atoms with Crippen molar-refractivity contribution < 1.29 is 14.3 Å². The standard InChI is InChI=1S/C12H9Br2NO3S/c1-15-11(16)9(19-12(15)17)5-6-3-7(13)10(18-2)8(14)4-6/h3-5H,1-2H3/b9-5-. The second kappa shape index (κ2) is 5.68. The van der Waals surface area contributed by atoms with Crippen molar-refractivity contribution in [3.8, 4) is 5.75 Å². The molecular weight excluding hydrogens is 398 g/mol. The van der Waals surface area contributed by atoms with Crippen LogP contribution in [0.1, 0.15) is 5.56 Å². The van der Waals surface area contributed by atoms with Crippen LogP contribution in [0, 0.1) is 0 Å². The fraction of sp³-hybridized carbons (Fsp3) is 0.167. The number of likely N-dealkylation sites (N-methyl/N-ethyl adjacent to an activating group) is 1. The Labute approximate surface area is 131 Å². The third kappa shape index (κ3) is 2.88. The number of amides is 2. The fourth-order valence-corrected chi connectivity index (χ4v) is 3.93. The number of imide groups is 1. The third-order valence-electron chi connectivity index (χ3n) is 2.51. The summed E-state index contributed by atoms with van der Waals surface area (Å²) in [4.78, 5) is 24.7. The van der Waals surface area contributed by atoms with E-state index in [-0.39, 0.29) is 11.1 Å². The van der Waals surface area contributed by atoms with E-state index in [0.29, 0.717) is 10.7 Å². The summed E-state index contributed by atoms with van der Waals surface area (Å²) in [6.07, 6.45) is 1.68. The first-order valence-electron chi connectivity index (χ1n) is 5.18. The first-order valence-corrected chi connectivity index (χ1v) is 7.59. The van der Waals surface area contributed by atoms with Gasteiger partial charge in [0.1, 0.15) is 5.75 Å². The van der Waals surface area contributed by atoms with Gasteiger partial charge < -0.3 is 4.74 Å². The molecule has 0 saturated carbocycles. The van der Waals surface area contributed by atoms with Crippen LogP contribution in [0.25, 0.3) is 6.08 Å². The van der Waals surface area contributed by atoms with Gasteiger partial charge in [0.2, 0.25) is 0 Å². The largest absolute Gasteiger partial charge is 0.494 e. The molecular formula is C12H9Br2NO3S. The highest BCUT2D eigenvalue weighted by Gasteiger charge is 2.31. The zero-order chi connectivity index (χ0) is 14.2. The third-order valence-corrected chi connectivity index (χ3v) is 4.65. The number of carbonyl (C=O) groups excluding carboxylic acids is 2. The van der Waals surface area contributed by atoms with E-state index in [0.717, 1.165) is 31.2 Å². The lowest BCUT2D eigenvalue weighted by atomic mass is 10.2. The summed E-state index contributed by atoms with van der Waals surface area (Å²) in [5.41, 5.74) is 0.804. The number of halogens is 2. The van der Waals surface area contributed by atoms with Gasteiger partial charge in [-0.3, -0.25) is 14.5 Å². The minimum atomic E-state index is -0.280. The van der Waals surface area contributed by atoms with Gasteiger partial charge in [0, 0.05) is 7.05 Å². The molecule has 1 aromatic rings. The van der Waals surface area contributed by atoms with Crippen molar-refractivity contribution in [3.63, 3.8) is 0 Å². The van der Waals surface area contributed by atoms with E-state index in [9.17, 15) is 9.59 Å². The molecule has 0 aliphatic carbocycles. The Bertz CT molecular complexity index is 578. The molecule has 0 aromatic heterocycles. The van der Waals surface area contributed by atoms with Gasteiger partial charge in [0.05, 0.1) is 21.0 Å². The zero-order valence-corrected chi connectivity index (χ0v) is 14.1. The average Bonchev–Trinajstić information content (AvgIpc) is 2.57. The molecule has 1 heterocycles. The lowest BCUT2D eigenvalue weighted by molar-refractivity contribution is -0.121. The molecule has 1 fully saturated rings. The van der Waals surface area contributed by atoms with Gasteiger partial charge in [-0.15, -0.1) is 0 Å². The SMILES string of the molecule is COc1c(Br)cc(/C=C2\SC(=O)N(C)C2=O)cc1Br. The van der Waals surface area contributed by atoms with Crippen LogP contribution in [0.2, 0.25) is 0 Å². The summed E-state index contributed by atoms with van der Waals surface area (Å²) in [6.45, 7) is 0. The number of thioether (sulfide) groups is 1. The summed E-state index contributed by atoms with van der Waals surface area (Å²) in [5, 5.41) is -0.261. The van der Waals surface area contributed by atoms with Gasteiger partial charge >= 0.3 is 0 Å². The average molecular weight is 407 g/mol. The van der Waals surface area contributed by atoms with Gasteiger partial charge in [-0.2, -0.15) is 0 Å². The van der Waals surface area contributed by atoms with Crippen molar-refractivity contribution in [2.45, 2.75) is 0 Å². The smallest absolute Gasteiger partial charge is 0.293 e. The Hall–Kier alpha value is -0.790. The van der Waals surface area contributed by atoms with Gasteiger partial charge in [-0.25, -0.2) is 0 Å². The number of methoxy groups -OCH3 is 1. The van der Waals surface area contributed by atoms with Crippen LogP contribution in [0.5, 0.6) is 5.75 Å². The molecule has 0 bridgehead atoms. The minimum Gasteiger partial charge on any atom is -0.494 e. The fourth-order valence-electron chi connectivity index (χ4n) is 1.55. The van der Waals surface area contributed by atoms with Gasteiger partial charge in [-0.05, 0) is 67.4 Å². The molecule has 1 saturated heterocycles. The van der Waals surface area contributed by atoms with E-state index >= 15 is 0 Å². The van der Waals surface area contributed by atoms with E-state index in [4.69, 9.17) is 4.74 Å². The monoisotopic (exact) mass is 405 g/mol. The quantitative estimate of drug-likeness (QED) is 0.699. The number of hydrogen-bond acceptors (Lipinski definition) is 4. The molecule has 100 valence electrons. The van der Waals surface area contributed by atoms with E-state index in [1.165, 1.54) is 7.05 Å². The molecule has 0 N–H and O–H groups in total. The Kier molecular flexibility index (Phi) is 4.37. The van der Waals surface area contributed by atoms with Gasteiger partial charge in [0.15, 0.2) is 0 Å². The summed E-state index contributed by atoms with van der Waals surface area (Å²) in [7, 11) is 3.05. The highest BCUT2D eigenvalue weighted by molar-refractivity contribution is 9.11. The van der Waals surface area contributed by atoms with Crippen LogP contribution < -0.4 is 4.74 Å². The van der Waals surface area contributed by atoms with Crippen LogP contribution in [-0.2, 0) is 4.79 Å². The predicted octanol–water partition coefficient (Wildman–Crippen LogP) is 3.89. The van der Waals surface area contributed by atoms with Crippen LogP contribution in [-0.4, -0.2) is 30.2 Å². The lowest BCUT2D eigenvalue weighted by Crippen LogP contribution is -2.22. The summed E-state index contributed by atoms with van der Waals surface area (Å²) in [5.74, 6) is 0.402. The lowest BCUT2D eigenvalue weighted by Gasteiger charge is -2.07. The van der Waals surface area contributed by atoms with Crippen LogP contribution in [0.15, 0.2) is 26.0 Å². The van der Waals surface area contributed by atoms with Crippen molar-refractivity contribution in [2.75, 3.05) is 14.2 Å². The second-order valence-corrected chi connectivity index (χ2v) is 6.46. The van der Waals surface area contributed by atoms with E-state index in [2.05, 4.69) is 31.9 Å². The number of nitrogens with zero attached hydrogens (tertiary/aromatic N) is 1. The van der Waals surface area contributed by atoms with Gasteiger partial charge in [0.25, 0.3) is 11.1 Å². The predicted molar refractivity (Wildman–Crippen MR) is 82.1 cm³/mol. The Balaban J connectivity index is 2.40. The van der Waals surface area contributed by atoms with Crippen LogP contribution >= 0.6 is 43.6 Å². The molecule has 7 heteroatoms. The Morgan fingerprint density at radius 2 is 1.84 bits per heavy atom. The van der Waals surface area contributed by atoms with Gasteiger partial charge in [-0.1, -0.05) is 0 Å². The highest BCUT2D eigenvalue weighted by atomic mass is 79.9. The number of ether oxygens (including phenoxy) is 1. The van der Waals surface area contributed by atoms with Crippen molar-refractivity contribution in [3.05, 3.63) is 31.5 Å². The summed E-state index contributed by atoms with van der Waals surface area (Å²) >= 11 is 7.72. The van der Waals surface area contributed by atoms with Crippen LogP contribution in [0.4, 0.5) is 4.79 Å². The maximum absolute atomic E-state index is 11.8. The van der Waals surface area contributed by atoms with E-state index < -0.39 is 0 Å². The maximum Gasteiger partial charge on any atom is 0.293 e. The topological polar surface area (TPSA) is 46.6 Å². The Morgan fingerprint density at radius 1 is 1.26 bits per heavy atom. The molecule has 0 spiro atoms. The number of hydrogen-bond donors (Lipinski definition) is 0. The van der Waals surface area contributed by atoms with E-state index in [1.807, 2.05) is 12.1 Å². The molecule has 2 rings (SSSR count). The molecule has 19 heavy (non-hydrogen) atoms. The number of rotatable bonds is 2. The summed E-state index contributed by atoms with van der Waals surface area (Å²) in [6, 6.07) is 3.65. The van der Waals surface area contributed by atoms with Crippen molar-refractivity contribution in [2.24, 2.45) is 0 Å². The number of carbonyl (C=O) groups is 2. The number of benzene rings is 1. The first kappa shape index (κ1) is 14.6. The molecule has 0 unspecified atom stereocenters. The molecule has 1 aliphatic rings. The van der Waals surface area contributed by atoms with Crippen molar-refractivity contribution in [1.29, 1.82) is 0 Å². The Morgan fingerprint density at radius 3 is 2.26 bits per heavy atom. The first-order chi connectivity index (χ1) is 8.93. The van der Waals surface area contributed by atoms with Crippen LogP contribution in [0.3, 0.4) is 0 Å². The normalized spacial score (nSPS) is 17.5. The minimum absolute atomic E-state index is 0.261. The molecule has 4 nitrogen and oxygen atoms in total. The highest BCUT2D eigenvalue weighted by Crippen LogP contribution is 2.37. The summed E-state index contributed by atoms with van der Waals surface area (Å²) < 4.78 is 6.75. The molecule has 1 aromatic carbocycles. The molecule has 0 radical (unpaired) electrons. The molecule has 1 aliphatic heterocycles. The second-order valence-electron chi connectivity index (χ2n) is 3.76. The van der Waals surface area contributed by atoms with E-state index in [1.54, 1.807) is 13.2 Å². The van der Waals surface area contributed by atoms with Crippen molar-refractivity contribution >= 4 is 60.8 Å². The molecule has 2 amide bonds. The molecule has 0 atom stereocenters.